The molecular formula is C19H15F2N5O4. The molecule has 0 unspecified atom stereocenters. The first kappa shape index (κ1) is 19.4. The van der Waals surface area contributed by atoms with Crippen LogP contribution in [0.3, 0.4) is 0 Å². The average molecular weight is 415 g/mol. The molecular weight excluding hydrogens is 400 g/mol. The average Bonchev–Trinajstić information content (AvgIpc) is 3.24. The first-order chi connectivity index (χ1) is 14.4. The lowest BCUT2D eigenvalue weighted by Gasteiger charge is -2.20. The van der Waals surface area contributed by atoms with Gasteiger partial charge in [-0.15, -0.1) is 0 Å². The molecule has 0 saturated carbocycles. The topological polar surface area (TPSA) is 104 Å². The minimum absolute atomic E-state index is 0.115. The molecule has 2 aliphatic heterocycles. The van der Waals surface area contributed by atoms with Gasteiger partial charge in [0.1, 0.15) is 12.3 Å². The molecule has 2 aromatic carbocycles. The SMILES string of the molecule is COc1ccc(NC(=O)CN2N=N[C@H]3C(=O)N(c4ccc(F)c(F)c4)C(=O)[C@@H]32)cc1. The molecule has 2 atom stereocenters. The summed E-state index contributed by atoms with van der Waals surface area (Å²) < 4.78 is 31.8. The third kappa shape index (κ3) is 3.34. The van der Waals surface area contributed by atoms with Crippen molar-refractivity contribution < 1.29 is 27.9 Å². The molecule has 4 rings (SSSR count). The first-order valence-corrected chi connectivity index (χ1v) is 8.83. The van der Waals surface area contributed by atoms with Crippen molar-refractivity contribution >= 4 is 29.1 Å². The molecule has 2 heterocycles. The smallest absolute Gasteiger partial charge is 0.263 e. The van der Waals surface area contributed by atoms with Crippen molar-refractivity contribution in [3.8, 4) is 5.75 Å². The van der Waals surface area contributed by atoms with Crippen LogP contribution in [0.4, 0.5) is 20.2 Å². The quantitative estimate of drug-likeness (QED) is 0.752. The van der Waals surface area contributed by atoms with Crippen molar-refractivity contribution in [2.75, 3.05) is 23.9 Å². The largest absolute Gasteiger partial charge is 0.497 e. The van der Waals surface area contributed by atoms with Crippen LogP contribution in [0.5, 0.6) is 5.75 Å². The van der Waals surface area contributed by atoms with Gasteiger partial charge in [-0.25, -0.2) is 13.7 Å². The number of amides is 3. The van der Waals surface area contributed by atoms with Crippen LogP contribution in [0, 0.1) is 11.6 Å². The monoisotopic (exact) mass is 415 g/mol. The molecule has 0 aliphatic carbocycles. The summed E-state index contributed by atoms with van der Waals surface area (Å²) in [7, 11) is 1.52. The molecule has 0 bridgehead atoms. The van der Waals surface area contributed by atoms with Gasteiger partial charge < -0.3 is 10.1 Å². The van der Waals surface area contributed by atoms with Gasteiger partial charge in [0.15, 0.2) is 23.7 Å². The number of rotatable bonds is 5. The molecule has 1 N–H and O–H groups in total. The van der Waals surface area contributed by atoms with Crippen LogP contribution in [0.25, 0.3) is 0 Å². The molecule has 1 saturated heterocycles. The molecule has 0 radical (unpaired) electrons. The fourth-order valence-corrected chi connectivity index (χ4v) is 3.25. The molecule has 0 spiro atoms. The number of benzene rings is 2. The third-order valence-electron chi connectivity index (χ3n) is 4.70. The predicted octanol–water partition coefficient (Wildman–Crippen LogP) is 1.91. The van der Waals surface area contributed by atoms with Crippen molar-refractivity contribution in [3.05, 3.63) is 54.1 Å². The lowest BCUT2D eigenvalue weighted by Crippen LogP contribution is -2.43. The molecule has 3 amide bonds. The lowest BCUT2D eigenvalue weighted by atomic mass is 10.1. The number of imide groups is 1. The number of carbonyl (C=O) groups excluding carboxylic acids is 3. The molecule has 2 aromatic rings. The Balaban J connectivity index is 1.47. The van der Waals surface area contributed by atoms with Crippen LogP contribution in [0.1, 0.15) is 0 Å². The molecule has 1 fully saturated rings. The fourth-order valence-electron chi connectivity index (χ4n) is 3.25. The Morgan fingerprint density at radius 2 is 1.83 bits per heavy atom. The Hall–Kier alpha value is -3.89. The number of nitrogens with zero attached hydrogens (tertiary/aromatic N) is 4. The number of halogens is 2. The summed E-state index contributed by atoms with van der Waals surface area (Å²) in [6.45, 7) is -0.332. The molecule has 154 valence electrons. The van der Waals surface area contributed by atoms with E-state index in [4.69, 9.17) is 4.74 Å². The third-order valence-corrected chi connectivity index (χ3v) is 4.70. The molecule has 9 nitrogen and oxygen atoms in total. The minimum Gasteiger partial charge on any atom is -0.497 e. The molecule has 0 aromatic heterocycles. The van der Waals surface area contributed by atoms with E-state index in [9.17, 15) is 23.2 Å². The van der Waals surface area contributed by atoms with E-state index in [1.54, 1.807) is 24.3 Å². The Bertz CT molecular complexity index is 1060. The summed E-state index contributed by atoms with van der Waals surface area (Å²) >= 11 is 0. The molecule has 30 heavy (non-hydrogen) atoms. The van der Waals surface area contributed by atoms with E-state index in [0.717, 1.165) is 28.1 Å². The highest BCUT2D eigenvalue weighted by molar-refractivity contribution is 6.25. The van der Waals surface area contributed by atoms with E-state index in [2.05, 4.69) is 15.7 Å². The maximum absolute atomic E-state index is 13.5. The van der Waals surface area contributed by atoms with Gasteiger partial charge in [0.05, 0.1) is 12.8 Å². The summed E-state index contributed by atoms with van der Waals surface area (Å²) in [5, 5.41) is 11.3. The van der Waals surface area contributed by atoms with E-state index < -0.39 is 41.4 Å². The number of hydrogen-bond acceptors (Lipinski definition) is 7. The Morgan fingerprint density at radius 1 is 1.10 bits per heavy atom. The summed E-state index contributed by atoms with van der Waals surface area (Å²) in [6, 6.07) is 7.02. The van der Waals surface area contributed by atoms with Crippen LogP contribution in [-0.2, 0) is 14.4 Å². The van der Waals surface area contributed by atoms with Crippen LogP contribution >= 0.6 is 0 Å². The van der Waals surface area contributed by atoms with E-state index in [0.29, 0.717) is 11.4 Å². The molecule has 2 aliphatic rings. The van der Waals surface area contributed by atoms with E-state index in [-0.39, 0.29) is 12.2 Å². The number of ether oxygens (including phenoxy) is 1. The molecule has 11 heteroatoms. The Labute approximate surface area is 168 Å². The predicted molar refractivity (Wildman–Crippen MR) is 99.6 cm³/mol. The first-order valence-electron chi connectivity index (χ1n) is 8.83. The lowest BCUT2D eigenvalue weighted by molar-refractivity contribution is -0.123. The van der Waals surface area contributed by atoms with Crippen molar-refractivity contribution in [2.24, 2.45) is 10.3 Å². The second-order valence-electron chi connectivity index (χ2n) is 6.58. The highest BCUT2D eigenvalue weighted by Crippen LogP contribution is 2.32. The fraction of sp³-hybridized carbons (Fsp3) is 0.211. The van der Waals surface area contributed by atoms with E-state index in [1.807, 2.05) is 0 Å². The van der Waals surface area contributed by atoms with Crippen LogP contribution in [-0.4, -0.2) is 48.5 Å². The van der Waals surface area contributed by atoms with Gasteiger partial charge in [-0.1, -0.05) is 5.22 Å². The summed E-state index contributed by atoms with van der Waals surface area (Å²) in [5.41, 5.74) is 0.391. The van der Waals surface area contributed by atoms with E-state index in [1.165, 1.54) is 7.11 Å². The van der Waals surface area contributed by atoms with Crippen molar-refractivity contribution in [1.29, 1.82) is 0 Å². The Kier molecular flexibility index (Phi) is 4.86. The number of nitrogens with one attached hydrogen (secondary N) is 1. The standard InChI is InChI=1S/C19H15F2N5O4/c1-30-12-5-2-10(3-6-12)22-15(27)9-25-17-16(23-24-25)18(28)26(19(17)29)11-4-7-13(20)14(21)8-11/h2-8,16-17H,9H2,1H3,(H,22,27)/t16-,17-/m1/s1. The maximum Gasteiger partial charge on any atom is 0.263 e. The van der Waals surface area contributed by atoms with Gasteiger partial charge in [0.2, 0.25) is 5.91 Å². The maximum atomic E-state index is 13.5. The number of carbonyl (C=O) groups is 3. The summed E-state index contributed by atoms with van der Waals surface area (Å²) in [4.78, 5) is 38.4. The van der Waals surface area contributed by atoms with Crippen molar-refractivity contribution in [3.63, 3.8) is 0 Å². The van der Waals surface area contributed by atoms with Gasteiger partial charge in [-0.3, -0.25) is 19.4 Å². The van der Waals surface area contributed by atoms with Crippen molar-refractivity contribution in [2.45, 2.75) is 12.1 Å². The van der Waals surface area contributed by atoms with Gasteiger partial charge in [0.25, 0.3) is 11.8 Å². The zero-order valence-electron chi connectivity index (χ0n) is 15.6. The zero-order valence-corrected chi connectivity index (χ0v) is 15.6. The summed E-state index contributed by atoms with van der Waals surface area (Å²) in [5.74, 6) is -3.60. The minimum atomic E-state index is -1.19. The highest BCUT2D eigenvalue weighted by Gasteiger charge is 2.55. The summed E-state index contributed by atoms with van der Waals surface area (Å²) in [6.07, 6.45) is 0. The van der Waals surface area contributed by atoms with Crippen LogP contribution < -0.4 is 15.0 Å². The number of fused-ring (bicyclic) bond motifs is 1. The van der Waals surface area contributed by atoms with Crippen LogP contribution in [0.2, 0.25) is 0 Å². The van der Waals surface area contributed by atoms with Crippen LogP contribution in [0.15, 0.2) is 52.8 Å². The number of methoxy groups -OCH3 is 1. The van der Waals surface area contributed by atoms with E-state index >= 15 is 0 Å². The van der Waals surface area contributed by atoms with Gasteiger partial charge in [0, 0.05) is 11.8 Å². The highest BCUT2D eigenvalue weighted by atomic mass is 19.2. The number of anilines is 2. The second-order valence-corrected chi connectivity index (χ2v) is 6.58. The normalized spacial score (nSPS) is 20.0. The van der Waals surface area contributed by atoms with Gasteiger partial charge in [-0.2, -0.15) is 5.11 Å². The number of hydrogen-bond donors (Lipinski definition) is 1. The van der Waals surface area contributed by atoms with Gasteiger partial charge in [-0.05, 0) is 36.4 Å². The Morgan fingerprint density at radius 3 is 2.50 bits per heavy atom. The zero-order chi connectivity index (χ0) is 21.4. The van der Waals surface area contributed by atoms with Gasteiger partial charge >= 0.3 is 0 Å². The van der Waals surface area contributed by atoms with Crippen molar-refractivity contribution in [1.82, 2.24) is 5.01 Å². The second kappa shape index (κ2) is 7.50.